The summed E-state index contributed by atoms with van der Waals surface area (Å²) in [7, 11) is -4.49. The van der Waals surface area contributed by atoms with Crippen molar-refractivity contribution in [1.29, 1.82) is 0 Å². The fraction of sp³-hybridized carbons (Fsp3) is 0.222. The minimum absolute atomic E-state index is 0.0112. The van der Waals surface area contributed by atoms with E-state index in [0.29, 0.717) is 5.56 Å². The number of amides is 1. The molecule has 26 heavy (non-hydrogen) atoms. The zero-order valence-corrected chi connectivity index (χ0v) is 14.9. The number of benzene rings is 2. The van der Waals surface area contributed by atoms with E-state index in [-0.39, 0.29) is 12.2 Å². The summed E-state index contributed by atoms with van der Waals surface area (Å²) < 4.78 is 36.1. The zero-order chi connectivity index (χ0) is 19.2. The van der Waals surface area contributed by atoms with E-state index in [2.05, 4.69) is 5.32 Å². The second-order valence-electron chi connectivity index (χ2n) is 5.44. The zero-order valence-electron chi connectivity index (χ0n) is 14.1. The Hall–Kier alpha value is -2.71. The summed E-state index contributed by atoms with van der Waals surface area (Å²) in [6, 6.07) is 14.4. The number of nitrogens with one attached hydrogen (secondary N) is 1. The molecule has 0 unspecified atom stereocenters. The summed E-state index contributed by atoms with van der Waals surface area (Å²) in [5.41, 5.74) is 1.68. The second kappa shape index (κ2) is 8.59. The summed E-state index contributed by atoms with van der Waals surface area (Å²) in [4.78, 5) is 24.6. The number of carbonyl (C=O) groups is 2. The van der Waals surface area contributed by atoms with Crippen molar-refractivity contribution in [3.8, 4) is 11.1 Å². The highest BCUT2D eigenvalue weighted by molar-refractivity contribution is 7.85. The predicted molar refractivity (Wildman–Crippen MR) is 96.2 cm³/mol. The first-order valence-corrected chi connectivity index (χ1v) is 9.50. The molecule has 2 aromatic rings. The van der Waals surface area contributed by atoms with Crippen LogP contribution in [0.5, 0.6) is 0 Å². The summed E-state index contributed by atoms with van der Waals surface area (Å²) in [6.07, 6.45) is 0. The number of carbonyl (C=O) groups excluding carboxylic acids is 2. The van der Waals surface area contributed by atoms with Crippen LogP contribution >= 0.6 is 0 Å². The molecule has 0 heterocycles. The van der Waals surface area contributed by atoms with Gasteiger partial charge in [-0.15, -0.1) is 0 Å². The molecular weight excluding hydrogens is 358 g/mol. The third-order valence-corrected chi connectivity index (χ3v) is 4.26. The standard InChI is InChI=1S/C18H19NO6S/c1-2-25-18(21)16(12-26(22,23)24)19-17(20)15-11-7-6-10-14(15)13-8-4-3-5-9-13/h3-11,16H,2,12H2,1H3,(H,19,20)(H,22,23,24)/t16-/m0/s1. The van der Waals surface area contributed by atoms with Crippen molar-refractivity contribution in [2.24, 2.45) is 0 Å². The lowest BCUT2D eigenvalue weighted by molar-refractivity contribution is -0.144. The Kier molecular flexibility index (Phi) is 6.48. The Morgan fingerprint density at radius 2 is 1.69 bits per heavy atom. The van der Waals surface area contributed by atoms with Gasteiger partial charge in [0.15, 0.2) is 0 Å². The molecule has 0 spiro atoms. The van der Waals surface area contributed by atoms with Gasteiger partial charge in [0.2, 0.25) is 0 Å². The summed E-state index contributed by atoms with van der Waals surface area (Å²) >= 11 is 0. The Labute approximate surface area is 151 Å². The van der Waals surface area contributed by atoms with Crippen LogP contribution < -0.4 is 5.32 Å². The van der Waals surface area contributed by atoms with Crippen molar-refractivity contribution in [2.75, 3.05) is 12.4 Å². The predicted octanol–water partition coefficient (Wildman–Crippen LogP) is 1.90. The molecule has 0 saturated carbocycles. The fourth-order valence-corrected chi connectivity index (χ4v) is 3.05. The Bertz CT molecular complexity index is 880. The van der Waals surface area contributed by atoms with Crippen molar-refractivity contribution in [3.63, 3.8) is 0 Å². The topological polar surface area (TPSA) is 110 Å². The molecular formula is C18H19NO6S. The molecule has 0 aliphatic rings. The normalized spacial score (nSPS) is 12.2. The molecule has 1 amide bonds. The molecule has 0 aliphatic heterocycles. The lowest BCUT2D eigenvalue weighted by Crippen LogP contribution is -2.46. The molecule has 2 N–H and O–H groups in total. The Morgan fingerprint density at radius 1 is 1.08 bits per heavy atom. The van der Waals surface area contributed by atoms with Crippen molar-refractivity contribution in [2.45, 2.75) is 13.0 Å². The van der Waals surface area contributed by atoms with Gasteiger partial charge in [-0.25, -0.2) is 4.79 Å². The second-order valence-corrected chi connectivity index (χ2v) is 6.94. The number of rotatable bonds is 7. The van der Waals surface area contributed by atoms with Gasteiger partial charge in [-0.2, -0.15) is 8.42 Å². The summed E-state index contributed by atoms with van der Waals surface area (Å²) in [5, 5.41) is 2.33. The van der Waals surface area contributed by atoms with Crippen LogP contribution in [0.1, 0.15) is 17.3 Å². The first-order valence-electron chi connectivity index (χ1n) is 7.89. The van der Waals surface area contributed by atoms with Gasteiger partial charge in [0.25, 0.3) is 16.0 Å². The van der Waals surface area contributed by atoms with Gasteiger partial charge in [0.1, 0.15) is 11.8 Å². The first kappa shape index (κ1) is 19.6. The lowest BCUT2D eigenvalue weighted by atomic mass is 9.99. The van der Waals surface area contributed by atoms with E-state index >= 15 is 0 Å². The highest BCUT2D eigenvalue weighted by atomic mass is 32.2. The van der Waals surface area contributed by atoms with Gasteiger partial charge < -0.3 is 10.1 Å². The first-order chi connectivity index (χ1) is 12.3. The van der Waals surface area contributed by atoms with E-state index in [4.69, 9.17) is 9.29 Å². The maximum absolute atomic E-state index is 12.6. The molecule has 0 saturated heterocycles. The van der Waals surface area contributed by atoms with Gasteiger partial charge in [0, 0.05) is 5.56 Å². The fourth-order valence-electron chi connectivity index (χ4n) is 2.41. The van der Waals surface area contributed by atoms with Crippen LogP contribution in [0.15, 0.2) is 54.6 Å². The minimum atomic E-state index is -4.49. The molecule has 2 aromatic carbocycles. The molecule has 0 aromatic heterocycles. The molecule has 0 radical (unpaired) electrons. The molecule has 0 bridgehead atoms. The molecule has 0 aliphatic carbocycles. The largest absolute Gasteiger partial charge is 0.464 e. The third-order valence-electron chi connectivity index (χ3n) is 3.51. The highest BCUT2D eigenvalue weighted by Gasteiger charge is 2.28. The van der Waals surface area contributed by atoms with Crippen LogP contribution in [-0.4, -0.2) is 43.2 Å². The highest BCUT2D eigenvalue weighted by Crippen LogP contribution is 2.23. The summed E-state index contributed by atoms with van der Waals surface area (Å²) in [6.45, 7) is 1.56. The van der Waals surface area contributed by atoms with E-state index in [9.17, 15) is 18.0 Å². The number of hydrogen-bond acceptors (Lipinski definition) is 5. The maximum Gasteiger partial charge on any atom is 0.329 e. The minimum Gasteiger partial charge on any atom is -0.464 e. The van der Waals surface area contributed by atoms with E-state index in [1.807, 2.05) is 30.3 Å². The van der Waals surface area contributed by atoms with Crippen LogP contribution in [0.3, 0.4) is 0 Å². The molecule has 138 valence electrons. The smallest absolute Gasteiger partial charge is 0.329 e. The number of esters is 1. The molecule has 8 heteroatoms. The Balaban J connectivity index is 2.31. The van der Waals surface area contributed by atoms with Gasteiger partial charge in [-0.1, -0.05) is 48.5 Å². The van der Waals surface area contributed by atoms with Gasteiger partial charge in [-0.3, -0.25) is 9.35 Å². The van der Waals surface area contributed by atoms with Crippen molar-refractivity contribution < 1.29 is 27.3 Å². The average molecular weight is 377 g/mol. The van der Waals surface area contributed by atoms with Gasteiger partial charge in [0.05, 0.1) is 6.61 Å². The maximum atomic E-state index is 12.6. The Morgan fingerprint density at radius 3 is 2.31 bits per heavy atom. The van der Waals surface area contributed by atoms with Crippen molar-refractivity contribution in [3.05, 3.63) is 60.2 Å². The quantitative estimate of drug-likeness (QED) is 0.563. The van der Waals surface area contributed by atoms with Crippen LogP contribution in [0, 0.1) is 0 Å². The van der Waals surface area contributed by atoms with Gasteiger partial charge >= 0.3 is 5.97 Å². The van der Waals surface area contributed by atoms with Crippen LogP contribution in [0.25, 0.3) is 11.1 Å². The van der Waals surface area contributed by atoms with E-state index in [1.54, 1.807) is 31.2 Å². The third kappa shape index (κ3) is 5.40. The summed E-state index contributed by atoms with van der Waals surface area (Å²) in [5.74, 6) is -2.55. The number of hydrogen-bond donors (Lipinski definition) is 2. The van der Waals surface area contributed by atoms with Crippen LogP contribution in [0.4, 0.5) is 0 Å². The van der Waals surface area contributed by atoms with E-state index < -0.39 is 33.8 Å². The van der Waals surface area contributed by atoms with E-state index in [0.717, 1.165) is 5.56 Å². The molecule has 2 rings (SSSR count). The SMILES string of the molecule is CCOC(=O)[C@H](CS(=O)(=O)O)NC(=O)c1ccccc1-c1ccccc1. The van der Waals surface area contributed by atoms with Crippen molar-refractivity contribution in [1.82, 2.24) is 5.32 Å². The lowest BCUT2D eigenvalue weighted by Gasteiger charge is -2.17. The molecule has 1 atom stereocenters. The van der Waals surface area contributed by atoms with Crippen LogP contribution in [0.2, 0.25) is 0 Å². The van der Waals surface area contributed by atoms with Crippen molar-refractivity contribution >= 4 is 22.0 Å². The van der Waals surface area contributed by atoms with Crippen LogP contribution in [-0.2, 0) is 19.6 Å². The van der Waals surface area contributed by atoms with Gasteiger partial charge in [-0.05, 0) is 24.1 Å². The van der Waals surface area contributed by atoms with E-state index in [1.165, 1.54) is 0 Å². The number of ether oxygens (including phenoxy) is 1. The average Bonchev–Trinajstić information content (AvgIpc) is 2.61. The monoisotopic (exact) mass is 377 g/mol. The molecule has 0 fully saturated rings. The molecule has 7 nitrogen and oxygen atoms in total.